The summed E-state index contributed by atoms with van der Waals surface area (Å²) in [7, 11) is 0. The molecule has 1 aromatic carbocycles. The van der Waals surface area contributed by atoms with Crippen molar-refractivity contribution in [2.24, 2.45) is 11.8 Å². The lowest BCUT2D eigenvalue weighted by atomic mass is 10.1. The highest BCUT2D eigenvalue weighted by Gasteiger charge is 2.27. The summed E-state index contributed by atoms with van der Waals surface area (Å²) in [5.41, 5.74) is 2.58. The van der Waals surface area contributed by atoms with Crippen LogP contribution in [0.25, 0.3) is 0 Å². The van der Waals surface area contributed by atoms with Gasteiger partial charge in [-0.3, -0.25) is 20.8 Å². The maximum Gasteiger partial charge on any atom is 0.294 e. The van der Waals surface area contributed by atoms with Gasteiger partial charge in [-0.15, -0.1) is 0 Å². The number of anilines is 1. The fourth-order valence-electron chi connectivity index (χ4n) is 2.09. The molecule has 0 aromatic heterocycles. The minimum atomic E-state index is -0.552. The van der Waals surface area contributed by atoms with Gasteiger partial charge >= 0.3 is 0 Å². The fraction of sp³-hybridized carbons (Fsp3) is 0.462. The molecule has 1 aliphatic rings. The maximum atomic E-state index is 12.4. The van der Waals surface area contributed by atoms with Crippen molar-refractivity contribution >= 4 is 17.3 Å². The van der Waals surface area contributed by atoms with Gasteiger partial charge in [0.15, 0.2) is 0 Å². The Balaban J connectivity index is 2.24. The largest absolute Gasteiger partial charge is 0.339 e. The first-order valence-corrected chi connectivity index (χ1v) is 6.61. The number of carbonyl (C=O) groups is 1. The molecule has 108 valence electrons. The van der Waals surface area contributed by atoms with Gasteiger partial charge in [0, 0.05) is 24.7 Å². The minimum Gasteiger partial charge on any atom is -0.339 e. The Hall–Kier alpha value is -2.15. The third-order valence-corrected chi connectivity index (χ3v) is 3.44. The monoisotopic (exact) mass is 278 g/mol. The summed E-state index contributed by atoms with van der Waals surface area (Å²) < 4.78 is 0. The molecule has 1 fully saturated rings. The predicted octanol–water partition coefficient (Wildman–Crippen LogP) is 1.75. The highest BCUT2D eigenvalue weighted by Crippen LogP contribution is 2.30. The number of nitro benzene ring substituents is 1. The maximum absolute atomic E-state index is 12.4. The van der Waals surface area contributed by atoms with Crippen molar-refractivity contribution in [1.82, 2.24) is 4.90 Å². The van der Waals surface area contributed by atoms with Crippen molar-refractivity contribution in [2.45, 2.75) is 19.8 Å². The molecule has 0 spiro atoms. The van der Waals surface area contributed by atoms with E-state index in [-0.39, 0.29) is 17.3 Å². The Morgan fingerprint density at radius 1 is 1.55 bits per heavy atom. The summed E-state index contributed by atoms with van der Waals surface area (Å²) in [4.78, 5) is 24.5. The summed E-state index contributed by atoms with van der Waals surface area (Å²) in [5, 5.41) is 11.0. The van der Waals surface area contributed by atoms with Gasteiger partial charge in [0.25, 0.3) is 11.6 Å². The van der Waals surface area contributed by atoms with Crippen LogP contribution in [0.1, 0.15) is 30.1 Å². The minimum absolute atomic E-state index is 0.175. The smallest absolute Gasteiger partial charge is 0.294 e. The molecule has 1 amide bonds. The number of amides is 1. The Bertz CT molecular complexity index is 528. The number of hydrazine groups is 1. The first-order valence-electron chi connectivity index (χ1n) is 6.61. The van der Waals surface area contributed by atoms with E-state index >= 15 is 0 Å². The predicted molar refractivity (Wildman–Crippen MR) is 75.2 cm³/mol. The number of nitrogen functional groups attached to an aromatic ring is 1. The number of hydrogen-bond donors (Lipinski definition) is 2. The van der Waals surface area contributed by atoms with Crippen molar-refractivity contribution in [3.63, 3.8) is 0 Å². The summed E-state index contributed by atoms with van der Waals surface area (Å²) >= 11 is 0. The Morgan fingerprint density at radius 3 is 2.75 bits per heavy atom. The van der Waals surface area contributed by atoms with E-state index in [9.17, 15) is 14.9 Å². The van der Waals surface area contributed by atoms with Crippen LogP contribution in [0.5, 0.6) is 0 Å². The van der Waals surface area contributed by atoms with Crippen LogP contribution in [0.4, 0.5) is 11.4 Å². The highest BCUT2D eigenvalue weighted by atomic mass is 16.6. The summed E-state index contributed by atoms with van der Waals surface area (Å²) in [6.45, 7) is 3.23. The van der Waals surface area contributed by atoms with Crippen LogP contribution in [0.15, 0.2) is 18.2 Å². The van der Waals surface area contributed by atoms with Crippen LogP contribution in [-0.4, -0.2) is 28.8 Å². The highest BCUT2D eigenvalue weighted by molar-refractivity contribution is 5.95. The van der Waals surface area contributed by atoms with Gasteiger partial charge < -0.3 is 10.3 Å². The van der Waals surface area contributed by atoms with Crippen LogP contribution < -0.4 is 11.3 Å². The topological polar surface area (TPSA) is 102 Å². The lowest BCUT2D eigenvalue weighted by molar-refractivity contribution is -0.384. The van der Waals surface area contributed by atoms with Crippen LogP contribution in [0, 0.1) is 16.0 Å². The third kappa shape index (κ3) is 3.05. The average molecular weight is 278 g/mol. The number of rotatable bonds is 6. The second-order valence-electron chi connectivity index (χ2n) is 4.92. The Labute approximate surface area is 116 Å². The van der Waals surface area contributed by atoms with Gasteiger partial charge in [-0.05, 0) is 37.8 Å². The molecule has 0 bridgehead atoms. The second kappa shape index (κ2) is 5.87. The zero-order valence-electron chi connectivity index (χ0n) is 11.3. The molecule has 1 aromatic rings. The van der Waals surface area contributed by atoms with Crippen molar-refractivity contribution in [3.8, 4) is 0 Å². The summed E-state index contributed by atoms with van der Waals surface area (Å²) in [6.07, 6.45) is 2.31. The van der Waals surface area contributed by atoms with E-state index in [0.29, 0.717) is 18.0 Å². The lowest BCUT2D eigenvalue weighted by Crippen LogP contribution is -2.32. The van der Waals surface area contributed by atoms with Gasteiger partial charge in [-0.2, -0.15) is 0 Å². The molecule has 0 aliphatic heterocycles. The number of nitrogens with two attached hydrogens (primary N) is 1. The molecule has 0 saturated heterocycles. The molecule has 0 radical (unpaired) electrons. The summed E-state index contributed by atoms with van der Waals surface area (Å²) in [6, 6.07) is 4.28. The van der Waals surface area contributed by atoms with E-state index in [2.05, 4.69) is 5.43 Å². The molecule has 0 heterocycles. The lowest BCUT2D eigenvalue weighted by Gasteiger charge is -2.20. The second-order valence-corrected chi connectivity index (χ2v) is 4.92. The normalized spacial score (nSPS) is 13.9. The van der Waals surface area contributed by atoms with Crippen LogP contribution in [0.2, 0.25) is 0 Å². The van der Waals surface area contributed by atoms with Gasteiger partial charge in [-0.25, -0.2) is 0 Å². The Morgan fingerprint density at radius 2 is 2.25 bits per heavy atom. The summed E-state index contributed by atoms with van der Waals surface area (Å²) in [5.74, 6) is 5.63. The molecule has 0 unspecified atom stereocenters. The van der Waals surface area contributed by atoms with Gasteiger partial charge in [0.05, 0.1) is 4.92 Å². The Kier molecular flexibility index (Phi) is 4.19. The first kappa shape index (κ1) is 14.3. The molecular weight excluding hydrogens is 260 g/mol. The van der Waals surface area contributed by atoms with E-state index in [1.807, 2.05) is 6.92 Å². The van der Waals surface area contributed by atoms with Crippen molar-refractivity contribution in [1.29, 1.82) is 0 Å². The molecule has 3 N–H and O–H groups in total. The van der Waals surface area contributed by atoms with Crippen molar-refractivity contribution in [2.75, 3.05) is 18.5 Å². The number of nitrogens with one attached hydrogen (secondary N) is 1. The first-order chi connectivity index (χ1) is 9.56. The molecule has 0 atom stereocenters. The average Bonchev–Trinajstić information content (AvgIpc) is 3.27. The molecule has 1 saturated carbocycles. The van der Waals surface area contributed by atoms with Crippen LogP contribution in [-0.2, 0) is 0 Å². The van der Waals surface area contributed by atoms with Gasteiger partial charge in [0.2, 0.25) is 0 Å². The number of benzene rings is 1. The van der Waals surface area contributed by atoms with Crippen LogP contribution >= 0.6 is 0 Å². The zero-order chi connectivity index (χ0) is 14.7. The molecule has 2 rings (SSSR count). The van der Waals surface area contributed by atoms with Crippen molar-refractivity contribution < 1.29 is 9.72 Å². The SMILES string of the molecule is CCN(CC1CC1)C(=O)c1ccc(NN)c([N+](=O)[O-])c1. The third-order valence-electron chi connectivity index (χ3n) is 3.44. The molecule has 1 aliphatic carbocycles. The fourth-order valence-corrected chi connectivity index (χ4v) is 2.09. The van der Waals surface area contributed by atoms with Crippen LogP contribution in [0.3, 0.4) is 0 Å². The number of nitro groups is 1. The quantitative estimate of drug-likeness (QED) is 0.469. The molecule has 20 heavy (non-hydrogen) atoms. The van der Waals surface area contributed by atoms with E-state index < -0.39 is 4.92 Å². The number of hydrogen-bond acceptors (Lipinski definition) is 5. The number of carbonyl (C=O) groups excluding carboxylic acids is 1. The van der Waals surface area contributed by atoms with E-state index in [0.717, 1.165) is 19.4 Å². The van der Waals surface area contributed by atoms with E-state index in [1.165, 1.54) is 12.1 Å². The standard InChI is InChI=1S/C13H18N4O3/c1-2-16(8-9-3-4-9)13(18)10-5-6-11(15-14)12(7-10)17(19)20/h5-7,9,15H,2-4,8,14H2,1H3. The van der Waals surface area contributed by atoms with Gasteiger partial charge in [-0.1, -0.05) is 0 Å². The number of nitrogens with zero attached hydrogens (tertiary/aromatic N) is 2. The zero-order valence-corrected chi connectivity index (χ0v) is 11.3. The van der Waals surface area contributed by atoms with Crippen molar-refractivity contribution in [3.05, 3.63) is 33.9 Å². The van der Waals surface area contributed by atoms with Gasteiger partial charge in [0.1, 0.15) is 5.69 Å². The molecule has 7 heteroatoms. The van der Waals surface area contributed by atoms with E-state index in [4.69, 9.17) is 5.84 Å². The van der Waals surface area contributed by atoms with E-state index in [1.54, 1.807) is 11.0 Å². The molecular formula is C13H18N4O3. The molecule has 7 nitrogen and oxygen atoms in total.